The Bertz CT molecular complexity index is 1670. The lowest BCUT2D eigenvalue weighted by atomic mass is 9.83. The summed E-state index contributed by atoms with van der Waals surface area (Å²) in [6.07, 6.45) is -3.78. The summed E-state index contributed by atoms with van der Waals surface area (Å²) in [5, 5.41) is 0. The SMILES string of the molecule is CCOC(=O)C[C@H](CC(=O)C(CC(C)C)n1cc(CCN(C)C)cc(C)c1=O)c1cc(-c2c(C)cc(F)cc2C)cc(C(F)(F)F)c1F. The van der Waals surface area contributed by atoms with Crippen LogP contribution >= 0.6 is 0 Å². The van der Waals surface area contributed by atoms with Crippen molar-refractivity contribution in [2.45, 2.75) is 85.4 Å². The Balaban J connectivity index is 2.24. The highest BCUT2D eigenvalue weighted by Crippen LogP contribution is 2.41. The molecule has 0 saturated carbocycles. The standard InChI is InChI=1S/C37H45F5N2O4/c1-9-48-33(46)19-26(18-32(45)31(12-21(2)3)44-20-25(10-11-43(7)8)13-24(6)36(44)47)29-16-27(17-30(35(29)39)37(40,41)42)34-22(4)14-28(38)15-23(34)5/h13-17,20-21,26,31H,9-12,18-19H2,1-8H3/t26-,31?/m0/s1. The third-order valence-electron chi connectivity index (χ3n) is 8.33. The Morgan fingerprint density at radius 2 is 1.56 bits per heavy atom. The molecule has 1 heterocycles. The minimum atomic E-state index is -5.12. The van der Waals surface area contributed by atoms with E-state index < -0.39 is 65.5 Å². The monoisotopic (exact) mass is 676 g/mol. The maximum Gasteiger partial charge on any atom is 0.419 e. The number of rotatable bonds is 14. The number of hydrogen-bond donors (Lipinski definition) is 0. The van der Waals surface area contributed by atoms with Crippen molar-refractivity contribution in [1.82, 2.24) is 9.47 Å². The van der Waals surface area contributed by atoms with E-state index in [1.165, 1.54) is 36.6 Å². The zero-order valence-corrected chi connectivity index (χ0v) is 28.9. The molecule has 0 radical (unpaired) electrons. The van der Waals surface area contributed by atoms with Crippen molar-refractivity contribution in [2.75, 3.05) is 27.2 Å². The van der Waals surface area contributed by atoms with Crippen LogP contribution in [0.5, 0.6) is 0 Å². The lowest BCUT2D eigenvalue weighted by molar-refractivity contribution is -0.143. The van der Waals surface area contributed by atoms with Crippen LogP contribution in [0, 0.1) is 38.3 Å². The number of hydrogen-bond acceptors (Lipinski definition) is 5. The molecule has 1 unspecified atom stereocenters. The molecule has 3 aromatic rings. The minimum Gasteiger partial charge on any atom is -0.466 e. The molecule has 0 saturated heterocycles. The zero-order valence-electron chi connectivity index (χ0n) is 28.9. The van der Waals surface area contributed by atoms with Gasteiger partial charge >= 0.3 is 12.1 Å². The van der Waals surface area contributed by atoms with Gasteiger partial charge in [0.15, 0.2) is 5.78 Å². The third kappa shape index (κ3) is 9.61. The largest absolute Gasteiger partial charge is 0.466 e. The number of carbonyl (C=O) groups is 2. The van der Waals surface area contributed by atoms with Crippen molar-refractivity contribution in [2.24, 2.45) is 5.92 Å². The van der Waals surface area contributed by atoms with Gasteiger partial charge in [-0.1, -0.05) is 13.8 Å². The zero-order chi connectivity index (χ0) is 36.1. The van der Waals surface area contributed by atoms with E-state index in [0.717, 1.165) is 5.56 Å². The van der Waals surface area contributed by atoms with Gasteiger partial charge in [0, 0.05) is 30.6 Å². The Hall–Kier alpha value is -3.86. The summed E-state index contributed by atoms with van der Waals surface area (Å²) in [6.45, 7) is 10.7. The molecule has 0 fully saturated rings. The van der Waals surface area contributed by atoms with E-state index in [9.17, 15) is 31.9 Å². The molecule has 0 spiro atoms. The molecule has 11 heteroatoms. The maximum absolute atomic E-state index is 16.0. The summed E-state index contributed by atoms with van der Waals surface area (Å²) in [5.74, 6) is -4.96. The van der Waals surface area contributed by atoms with Crippen molar-refractivity contribution >= 4 is 11.8 Å². The molecule has 2 atom stereocenters. The first-order valence-electron chi connectivity index (χ1n) is 16.1. The molecule has 0 bridgehead atoms. The second-order valence-corrected chi connectivity index (χ2v) is 13.2. The molecular formula is C37H45F5N2O4. The number of alkyl halides is 3. The lowest BCUT2D eigenvalue weighted by Crippen LogP contribution is -2.33. The fourth-order valence-corrected chi connectivity index (χ4v) is 6.14. The number of halogens is 5. The van der Waals surface area contributed by atoms with Gasteiger partial charge in [0.05, 0.1) is 24.6 Å². The quantitative estimate of drug-likeness (QED) is 0.128. The number of carbonyl (C=O) groups excluding carboxylic acids is 2. The van der Waals surface area contributed by atoms with Crippen LogP contribution in [0.1, 0.15) is 85.4 Å². The molecule has 6 nitrogen and oxygen atoms in total. The van der Waals surface area contributed by atoms with Crippen LogP contribution < -0.4 is 5.56 Å². The number of aromatic nitrogens is 1. The van der Waals surface area contributed by atoms with Gasteiger partial charge in [-0.3, -0.25) is 14.4 Å². The Morgan fingerprint density at radius 1 is 0.938 bits per heavy atom. The van der Waals surface area contributed by atoms with Gasteiger partial charge in [-0.2, -0.15) is 13.2 Å². The predicted molar refractivity (Wildman–Crippen MR) is 176 cm³/mol. The number of aryl methyl sites for hydroxylation is 3. The lowest BCUT2D eigenvalue weighted by Gasteiger charge is -2.26. The number of pyridine rings is 1. The van der Waals surface area contributed by atoms with E-state index in [1.54, 1.807) is 26.1 Å². The van der Waals surface area contributed by atoms with Crippen LogP contribution in [0.15, 0.2) is 41.3 Å². The molecule has 1 aromatic heterocycles. The average molecular weight is 677 g/mol. The van der Waals surface area contributed by atoms with E-state index in [1.807, 2.05) is 32.8 Å². The van der Waals surface area contributed by atoms with Crippen LogP contribution in [0.25, 0.3) is 11.1 Å². The maximum atomic E-state index is 16.0. The van der Waals surface area contributed by atoms with Crippen LogP contribution in [-0.2, 0) is 26.9 Å². The number of ether oxygens (including phenoxy) is 1. The van der Waals surface area contributed by atoms with E-state index in [2.05, 4.69) is 0 Å². The van der Waals surface area contributed by atoms with Gasteiger partial charge in [-0.05, 0) is 124 Å². The number of likely N-dealkylation sites (N-methyl/N-ethyl adjacent to an activating group) is 1. The molecule has 262 valence electrons. The van der Waals surface area contributed by atoms with Gasteiger partial charge in [0.2, 0.25) is 0 Å². The molecule has 0 aliphatic rings. The van der Waals surface area contributed by atoms with E-state index in [0.29, 0.717) is 35.7 Å². The smallest absolute Gasteiger partial charge is 0.419 e. The first-order valence-corrected chi connectivity index (χ1v) is 16.1. The number of benzene rings is 2. The molecule has 48 heavy (non-hydrogen) atoms. The molecule has 0 aliphatic heterocycles. The minimum absolute atomic E-state index is 0.0331. The van der Waals surface area contributed by atoms with Gasteiger partial charge < -0.3 is 14.2 Å². The highest BCUT2D eigenvalue weighted by atomic mass is 19.4. The number of nitrogens with zero attached hydrogens (tertiary/aromatic N) is 2. The highest BCUT2D eigenvalue weighted by Gasteiger charge is 2.38. The normalized spacial score (nSPS) is 13.2. The van der Waals surface area contributed by atoms with Crippen LogP contribution in [0.2, 0.25) is 0 Å². The Morgan fingerprint density at radius 3 is 2.10 bits per heavy atom. The number of ketones is 1. The fourth-order valence-electron chi connectivity index (χ4n) is 6.14. The summed E-state index contributed by atoms with van der Waals surface area (Å²) < 4.78 is 79.6. The van der Waals surface area contributed by atoms with Crippen molar-refractivity contribution in [3.05, 3.63) is 91.9 Å². The van der Waals surface area contributed by atoms with Crippen LogP contribution in [-0.4, -0.2) is 48.5 Å². The topological polar surface area (TPSA) is 68.6 Å². The summed E-state index contributed by atoms with van der Waals surface area (Å²) >= 11 is 0. The van der Waals surface area contributed by atoms with Gasteiger partial charge in [-0.25, -0.2) is 8.78 Å². The van der Waals surface area contributed by atoms with Crippen molar-refractivity contribution < 1.29 is 36.3 Å². The molecule has 0 N–H and O–H groups in total. The first-order chi connectivity index (χ1) is 22.3. The number of esters is 1. The van der Waals surface area contributed by atoms with Gasteiger partial charge in [0.1, 0.15) is 11.6 Å². The third-order valence-corrected chi connectivity index (χ3v) is 8.33. The summed E-state index contributed by atoms with van der Waals surface area (Å²) in [7, 11) is 3.82. The van der Waals surface area contributed by atoms with Crippen LogP contribution in [0.3, 0.4) is 0 Å². The number of Topliss-reactive ketones (excluding diaryl/α,β-unsaturated/α-hetero) is 1. The molecular weight excluding hydrogens is 631 g/mol. The van der Waals surface area contributed by atoms with Crippen LogP contribution in [0.4, 0.5) is 22.0 Å². The second-order valence-electron chi connectivity index (χ2n) is 13.2. The average Bonchev–Trinajstić information content (AvgIpc) is 2.95. The highest BCUT2D eigenvalue weighted by molar-refractivity contribution is 5.84. The van der Waals surface area contributed by atoms with Crippen molar-refractivity contribution in [3.63, 3.8) is 0 Å². The molecule has 2 aromatic carbocycles. The summed E-state index contributed by atoms with van der Waals surface area (Å²) in [5.41, 5.74) is -0.297. The Kier molecular flexibility index (Phi) is 12.9. The van der Waals surface area contributed by atoms with Crippen molar-refractivity contribution in [1.29, 1.82) is 0 Å². The molecule has 0 aliphatic carbocycles. The summed E-state index contributed by atoms with van der Waals surface area (Å²) in [4.78, 5) is 42.4. The van der Waals surface area contributed by atoms with Gasteiger partial charge in [0.25, 0.3) is 5.56 Å². The van der Waals surface area contributed by atoms with E-state index >= 15 is 4.39 Å². The van der Waals surface area contributed by atoms with Gasteiger partial charge in [-0.15, -0.1) is 0 Å². The first kappa shape index (κ1) is 38.6. The van der Waals surface area contributed by atoms with Crippen molar-refractivity contribution in [3.8, 4) is 11.1 Å². The molecule has 3 rings (SSSR count). The summed E-state index contributed by atoms with van der Waals surface area (Å²) in [6, 6.07) is 4.95. The second kappa shape index (κ2) is 16.0. The van der Waals surface area contributed by atoms with E-state index in [-0.39, 0.29) is 35.6 Å². The predicted octanol–water partition coefficient (Wildman–Crippen LogP) is 8.13. The Labute approximate surface area is 278 Å². The van der Waals surface area contributed by atoms with E-state index in [4.69, 9.17) is 4.74 Å². The molecule has 0 amide bonds. The fraction of sp³-hybridized carbons (Fsp3) is 0.486.